The summed E-state index contributed by atoms with van der Waals surface area (Å²) in [5.74, 6) is 0.0788. The zero-order chi connectivity index (χ0) is 18.3. The maximum atomic E-state index is 12.5. The number of ketones is 1. The zero-order valence-electron chi connectivity index (χ0n) is 14.9. The van der Waals surface area contributed by atoms with Gasteiger partial charge in [-0.25, -0.2) is 0 Å². The van der Waals surface area contributed by atoms with E-state index in [1.165, 1.54) is 6.08 Å². The molecule has 4 heteroatoms. The minimum Gasteiger partial charge on any atom is -0.464 e. The van der Waals surface area contributed by atoms with Gasteiger partial charge in [-0.2, -0.15) is 0 Å². The number of allylic oxidation sites excluding steroid dienone is 2. The van der Waals surface area contributed by atoms with E-state index in [0.717, 1.165) is 27.3 Å². The molecule has 1 heterocycles. The molecule has 0 N–H and O–H groups in total. The highest BCUT2D eigenvalue weighted by Gasteiger charge is 2.29. The lowest BCUT2D eigenvalue weighted by molar-refractivity contribution is -0.139. The molecule has 3 aromatic rings. The van der Waals surface area contributed by atoms with Gasteiger partial charge in [0.25, 0.3) is 0 Å². The third-order valence-corrected chi connectivity index (χ3v) is 4.75. The molecule has 0 radical (unpaired) electrons. The molecule has 26 heavy (non-hydrogen) atoms. The van der Waals surface area contributed by atoms with Crippen LogP contribution in [0, 0.1) is 5.41 Å². The lowest BCUT2D eigenvalue weighted by Gasteiger charge is -2.27. The molecule has 1 aliphatic rings. The monoisotopic (exact) mass is 348 g/mol. The molecule has 0 unspecified atom stereocenters. The molecule has 0 bridgehead atoms. The molecule has 132 valence electrons. The van der Waals surface area contributed by atoms with Crippen molar-refractivity contribution in [1.29, 1.82) is 0 Å². The topological polar surface area (TPSA) is 56.5 Å². The van der Waals surface area contributed by atoms with Gasteiger partial charge >= 0.3 is 5.97 Å². The van der Waals surface area contributed by atoms with Gasteiger partial charge in [-0.3, -0.25) is 9.59 Å². The van der Waals surface area contributed by atoms with Crippen molar-refractivity contribution < 1.29 is 18.7 Å². The fourth-order valence-corrected chi connectivity index (χ4v) is 3.70. The molecule has 0 saturated heterocycles. The van der Waals surface area contributed by atoms with Crippen LogP contribution in [0.5, 0.6) is 0 Å². The first-order chi connectivity index (χ1) is 12.4. The Morgan fingerprint density at radius 3 is 2.77 bits per heavy atom. The molecule has 4 nitrogen and oxygen atoms in total. The molecule has 4 rings (SSSR count). The van der Waals surface area contributed by atoms with Crippen LogP contribution in [0.4, 0.5) is 0 Å². The van der Waals surface area contributed by atoms with Gasteiger partial charge in [-0.1, -0.05) is 44.2 Å². The van der Waals surface area contributed by atoms with Gasteiger partial charge in [0.1, 0.15) is 11.3 Å². The third kappa shape index (κ3) is 3.15. The molecule has 0 spiro atoms. The summed E-state index contributed by atoms with van der Waals surface area (Å²) in [4.78, 5) is 24.3. The van der Waals surface area contributed by atoms with Crippen molar-refractivity contribution in [2.75, 3.05) is 0 Å². The maximum absolute atomic E-state index is 12.5. The molecule has 0 amide bonds. The summed E-state index contributed by atoms with van der Waals surface area (Å²) >= 11 is 0. The van der Waals surface area contributed by atoms with Crippen LogP contribution >= 0.6 is 0 Å². The summed E-state index contributed by atoms with van der Waals surface area (Å²) in [6, 6.07) is 11.9. The second kappa shape index (κ2) is 6.13. The van der Waals surface area contributed by atoms with Crippen LogP contribution < -0.4 is 0 Å². The van der Waals surface area contributed by atoms with Crippen LogP contribution in [0.3, 0.4) is 0 Å². The summed E-state index contributed by atoms with van der Waals surface area (Å²) in [5, 5.41) is 3.09. The van der Waals surface area contributed by atoms with Gasteiger partial charge in [0.2, 0.25) is 0 Å². The molecule has 1 aliphatic carbocycles. The number of hydrogen-bond acceptors (Lipinski definition) is 4. The molecule has 0 aliphatic heterocycles. The van der Waals surface area contributed by atoms with Gasteiger partial charge in [-0.15, -0.1) is 0 Å². The standard InChI is InChI=1S/C22H20O4/c1-22(2)11-16(23)10-17(12-22)26-20(24)9-15-13-25-19-8-7-14-5-3-4-6-18(14)21(15)19/h3-8,10,13H,9,11-12H2,1-2H3. The predicted molar refractivity (Wildman–Crippen MR) is 99.6 cm³/mol. The second-order valence-electron chi connectivity index (χ2n) is 7.67. The first-order valence-corrected chi connectivity index (χ1v) is 8.73. The Bertz CT molecular complexity index is 1050. The van der Waals surface area contributed by atoms with Crippen LogP contribution in [-0.2, 0) is 20.7 Å². The second-order valence-corrected chi connectivity index (χ2v) is 7.67. The Morgan fingerprint density at radius 1 is 1.15 bits per heavy atom. The van der Waals surface area contributed by atoms with Gasteiger partial charge in [0.05, 0.1) is 12.7 Å². The first kappa shape index (κ1) is 16.6. The first-order valence-electron chi connectivity index (χ1n) is 8.73. The smallest absolute Gasteiger partial charge is 0.315 e. The SMILES string of the molecule is CC1(C)CC(=O)C=C(OC(=O)Cc2coc3ccc4ccccc4c23)C1. The highest BCUT2D eigenvalue weighted by atomic mass is 16.5. The van der Waals surface area contributed by atoms with Crippen LogP contribution in [-0.4, -0.2) is 11.8 Å². The molecule has 0 fully saturated rings. The van der Waals surface area contributed by atoms with E-state index >= 15 is 0 Å². The summed E-state index contributed by atoms with van der Waals surface area (Å²) in [7, 11) is 0. The summed E-state index contributed by atoms with van der Waals surface area (Å²) in [6.07, 6.45) is 4.23. The Morgan fingerprint density at radius 2 is 1.96 bits per heavy atom. The van der Waals surface area contributed by atoms with E-state index in [4.69, 9.17) is 9.15 Å². The van der Waals surface area contributed by atoms with E-state index in [-0.39, 0.29) is 23.6 Å². The number of hydrogen-bond donors (Lipinski definition) is 0. The van der Waals surface area contributed by atoms with Crippen molar-refractivity contribution in [3.63, 3.8) is 0 Å². The number of carbonyl (C=O) groups is 2. The highest BCUT2D eigenvalue weighted by molar-refractivity contribution is 6.08. The Kier molecular flexibility index (Phi) is 3.91. The van der Waals surface area contributed by atoms with Gasteiger partial charge in [0.15, 0.2) is 5.78 Å². The van der Waals surface area contributed by atoms with Gasteiger partial charge < -0.3 is 9.15 Å². The van der Waals surface area contributed by atoms with Crippen molar-refractivity contribution in [2.24, 2.45) is 5.41 Å². The largest absolute Gasteiger partial charge is 0.464 e. The van der Waals surface area contributed by atoms with Crippen molar-refractivity contribution in [1.82, 2.24) is 0 Å². The van der Waals surface area contributed by atoms with Gasteiger partial charge in [0, 0.05) is 29.9 Å². The number of fused-ring (bicyclic) bond motifs is 3. The van der Waals surface area contributed by atoms with E-state index in [2.05, 4.69) is 0 Å². The van der Waals surface area contributed by atoms with Crippen molar-refractivity contribution in [2.45, 2.75) is 33.1 Å². The van der Waals surface area contributed by atoms with E-state index in [0.29, 0.717) is 18.6 Å². The lowest BCUT2D eigenvalue weighted by Crippen LogP contribution is -2.24. The Labute approximate surface area is 151 Å². The van der Waals surface area contributed by atoms with Crippen LogP contribution in [0.15, 0.2) is 58.9 Å². The molecule has 0 atom stereocenters. The average molecular weight is 348 g/mol. The van der Waals surface area contributed by atoms with Crippen LogP contribution in [0.1, 0.15) is 32.3 Å². The van der Waals surface area contributed by atoms with E-state index in [1.807, 2.05) is 50.2 Å². The minimum atomic E-state index is -0.377. The fraction of sp³-hybridized carbons (Fsp3) is 0.273. The van der Waals surface area contributed by atoms with Crippen LogP contribution in [0.25, 0.3) is 21.7 Å². The van der Waals surface area contributed by atoms with Gasteiger partial charge in [-0.05, 0) is 22.3 Å². The summed E-state index contributed by atoms with van der Waals surface area (Å²) < 4.78 is 11.1. The molecular weight excluding hydrogens is 328 g/mol. The van der Waals surface area contributed by atoms with E-state index in [9.17, 15) is 9.59 Å². The Hall–Kier alpha value is -2.88. The highest BCUT2D eigenvalue weighted by Crippen LogP contribution is 2.35. The minimum absolute atomic E-state index is 0.00352. The zero-order valence-corrected chi connectivity index (χ0v) is 14.9. The molecule has 0 saturated carbocycles. The number of carbonyl (C=O) groups excluding carboxylic acids is 2. The number of esters is 1. The fourth-order valence-electron chi connectivity index (χ4n) is 3.70. The van der Waals surface area contributed by atoms with Crippen molar-refractivity contribution in [3.05, 3.63) is 60.1 Å². The molecule has 1 aromatic heterocycles. The quantitative estimate of drug-likeness (QED) is 0.629. The number of furan rings is 1. The van der Waals surface area contributed by atoms with Crippen molar-refractivity contribution >= 4 is 33.5 Å². The van der Waals surface area contributed by atoms with E-state index < -0.39 is 0 Å². The third-order valence-electron chi connectivity index (χ3n) is 4.75. The van der Waals surface area contributed by atoms with Crippen molar-refractivity contribution in [3.8, 4) is 0 Å². The maximum Gasteiger partial charge on any atom is 0.315 e. The van der Waals surface area contributed by atoms with E-state index in [1.54, 1.807) is 6.26 Å². The normalized spacial score (nSPS) is 16.7. The lowest BCUT2D eigenvalue weighted by atomic mass is 9.79. The summed E-state index contributed by atoms with van der Waals surface area (Å²) in [5.41, 5.74) is 1.36. The molecule has 2 aromatic carbocycles. The molecular formula is C22H20O4. The average Bonchev–Trinajstić information content (AvgIpc) is 2.96. The number of ether oxygens (including phenoxy) is 1. The predicted octanol–water partition coefficient (Wildman–Crippen LogP) is 4.94. The number of benzene rings is 2. The Balaban J connectivity index is 1.61. The van der Waals surface area contributed by atoms with Crippen LogP contribution in [0.2, 0.25) is 0 Å². The summed E-state index contributed by atoms with van der Waals surface area (Å²) in [6.45, 7) is 4.00. The number of rotatable bonds is 3.